The number of fused-ring (bicyclic) bond motifs is 1. The number of benzene rings is 1. The molecular weight excluding hydrogens is 278 g/mol. The molecule has 1 amide bonds. The third kappa shape index (κ3) is 4.03. The minimum Gasteiger partial charge on any atom is -0.493 e. The van der Waals surface area contributed by atoms with Crippen molar-refractivity contribution in [2.45, 2.75) is 52.7 Å². The Morgan fingerprint density at radius 3 is 2.95 bits per heavy atom. The molecule has 0 spiro atoms. The summed E-state index contributed by atoms with van der Waals surface area (Å²) < 4.78 is 11.5. The highest BCUT2D eigenvalue weighted by Gasteiger charge is 2.21. The predicted octanol–water partition coefficient (Wildman–Crippen LogP) is 3.34. The van der Waals surface area contributed by atoms with Crippen LogP contribution in [0.2, 0.25) is 0 Å². The fourth-order valence-corrected chi connectivity index (χ4v) is 2.42. The van der Waals surface area contributed by atoms with E-state index in [9.17, 15) is 4.79 Å². The summed E-state index contributed by atoms with van der Waals surface area (Å²) in [6, 6.07) is 4.15. The van der Waals surface area contributed by atoms with Crippen LogP contribution in [0.3, 0.4) is 0 Å². The summed E-state index contributed by atoms with van der Waals surface area (Å²) in [4.78, 5) is 11.9. The largest absolute Gasteiger partial charge is 0.493 e. The Balaban J connectivity index is 2.19. The molecular formula is C18H25NO3. The Labute approximate surface area is 132 Å². The van der Waals surface area contributed by atoms with Gasteiger partial charge in [0.15, 0.2) is 0 Å². The lowest BCUT2D eigenvalue weighted by Crippen LogP contribution is -2.30. The molecule has 1 aliphatic rings. The molecule has 0 bridgehead atoms. The summed E-state index contributed by atoms with van der Waals surface area (Å²) in [7, 11) is 0. The summed E-state index contributed by atoms with van der Waals surface area (Å²) in [5.41, 5.74) is 2.03. The van der Waals surface area contributed by atoms with Gasteiger partial charge in [-0.05, 0) is 45.4 Å². The molecule has 0 radical (unpaired) electrons. The van der Waals surface area contributed by atoms with E-state index in [1.807, 2.05) is 32.9 Å². The number of amides is 1. The molecule has 0 saturated heterocycles. The van der Waals surface area contributed by atoms with Gasteiger partial charge in [0, 0.05) is 29.7 Å². The average Bonchev–Trinajstić information content (AvgIpc) is 2.84. The van der Waals surface area contributed by atoms with Gasteiger partial charge in [0.2, 0.25) is 5.91 Å². The second kappa shape index (κ2) is 7.34. The molecule has 0 saturated carbocycles. The zero-order valence-corrected chi connectivity index (χ0v) is 13.8. The molecule has 1 aromatic rings. The standard InChI is InChI=1S/C18H25NO3/c1-5-12(3)19-18(20)8-7-14-10-17-15(9-13(4)22-17)11-16(14)21-6-2/h7-8,10-13H,5-6,9H2,1-4H3,(H,19,20). The van der Waals surface area contributed by atoms with Crippen LogP contribution in [0.1, 0.15) is 45.2 Å². The highest BCUT2D eigenvalue weighted by atomic mass is 16.5. The topological polar surface area (TPSA) is 47.6 Å². The summed E-state index contributed by atoms with van der Waals surface area (Å²) in [5, 5.41) is 2.91. The van der Waals surface area contributed by atoms with E-state index in [0.29, 0.717) is 6.61 Å². The lowest BCUT2D eigenvalue weighted by atomic mass is 10.1. The Morgan fingerprint density at radius 1 is 1.50 bits per heavy atom. The van der Waals surface area contributed by atoms with E-state index in [1.165, 1.54) is 0 Å². The minimum absolute atomic E-state index is 0.0911. The van der Waals surface area contributed by atoms with E-state index in [2.05, 4.69) is 12.2 Å². The second-order valence-electron chi connectivity index (χ2n) is 5.71. The number of carbonyl (C=O) groups is 1. The number of hydrogen-bond acceptors (Lipinski definition) is 3. The van der Waals surface area contributed by atoms with Gasteiger partial charge >= 0.3 is 0 Å². The fraction of sp³-hybridized carbons (Fsp3) is 0.500. The first-order valence-corrected chi connectivity index (χ1v) is 7.98. The van der Waals surface area contributed by atoms with Crippen molar-refractivity contribution in [2.24, 2.45) is 0 Å². The zero-order valence-electron chi connectivity index (χ0n) is 13.8. The van der Waals surface area contributed by atoms with Gasteiger partial charge in [-0.1, -0.05) is 6.92 Å². The smallest absolute Gasteiger partial charge is 0.244 e. The van der Waals surface area contributed by atoms with Gasteiger partial charge in [-0.3, -0.25) is 4.79 Å². The molecule has 2 unspecified atom stereocenters. The molecule has 1 aromatic carbocycles. The third-order valence-corrected chi connectivity index (χ3v) is 3.74. The van der Waals surface area contributed by atoms with Crippen LogP contribution in [-0.4, -0.2) is 24.7 Å². The van der Waals surface area contributed by atoms with E-state index < -0.39 is 0 Å². The summed E-state index contributed by atoms with van der Waals surface area (Å²) in [6.07, 6.45) is 5.34. The number of nitrogens with one attached hydrogen (secondary N) is 1. The first-order chi connectivity index (χ1) is 10.5. The van der Waals surface area contributed by atoms with Crippen LogP contribution in [0, 0.1) is 0 Å². The summed E-state index contributed by atoms with van der Waals surface area (Å²) in [5.74, 6) is 1.59. The monoisotopic (exact) mass is 303 g/mol. The fourth-order valence-electron chi connectivity index (χ4n) is 2.42. The first-order valence-electron chi connectivity index (χ1n) is 7.98. The lowest BCUT2D eigenvalue weighted by molar-refractivity contribution is -0.117. The van der Waals surface area contributed by atoms with Crippen molar-refractivity contribution in [3.05, 3.63) is 29.3 Å². The third-order valence-electron chi connectivity index (χ3n) is 3.74. The first kappa shape index (κ1) is 16.4. The average molecular weight is 303 g/mol. The van der Waals surface area contributed by atoms with Gasteiger partial charge in [0.1, 0.15) is 17.6 Å². The molecule has 22 heavy (non-hydrogen) atoms. The Hall–Kier alpha value is -1.97. The van der Waals surface area contributed by atoms with E-state index in [1.54, 1.807) is 12.2 Å². The van der Waals surface area contributed by atoms with Crippen molar-refractivity contribution in [3.8, 4) is 11.5 Å². The van der Waals surface area contributed by atoms with Crippen LogP contribution in [-0.2, 0) is 11.2 Å². The van der Waals surface area contributed by atoms with E-state index in [-0.39, 0.29) is 18.1 Å². The SMILES string of the molecule is CCOc1cc2c(cc1C=CC(=O)NC(C)CC)OC(C)C2. The van der Waals surface area contributed by atoms with E-state index in [4.69, 9.17) is 9.47 Å². The summed E-state index contributed by atoms with van der Waals surface area (Å²) in [6.45, 7) is 8.63. The van der Waals surface area contributed by atoms with Crippen molar-refractivity contribution in [3.63, 3.8) is 0 Å². The van der Waals surface area contributed by atoms with Crippen LogP contribution in [0.4, 0.5) is 0 Å². The Bertz CT molecular complexity index is 566. The normalized spacial score (nSPS) is 17.9. The van der Waals surface area contributed by atoms with Gasteiger partial charge in [-0.25, -0.2) is 0 Å². The molecule has 1 heterocycles. The molecule has 120 valence electrons. The number of hydrogen-bond donors (Lipinski definition) is 1. The zero-order chi connectivity index (χ0) is 16.1. The second-order valence-corrected chi connectivity index (χ2v) is 5.71. The van der Waals surface area contributed by atoms with Gasteiger partial charge in [-0.15, -0.1) is 0 Å². The van der Waals surface area contributed by atoms with Gasteiger partial charge in [-0.2, -0.15) is 0 Å². The maximum atomic E-state index is 11.9. The van der Waals surface area contributed by atoms with Gasteiger partial charge in [0.25, 0.3) is 0 Å². The van der Waals surface area contributed by atoms with Crippen molar-refractivity contribution in [2.75, 3.05) is 6.61 Å². The summed E-state index contributed by atoms with van der Waals surface area (Å²) >= 11 is 0. The van der Waals surface area contributed by atoms with Crippen LogP contribution in [0.15, 0.2) is 18.2 Å². The number of ether oxygens (including phenoxy) is 2. The minimum atomic E-state index is -0.0911. The maximum absolute atomic E-state index is 11.9. The molecule has 0 fully saturated rings. The van der Waals surface area contributed by atoms with E-state index >= 15 is 0 Å². The molecule has 4 heteroatoms. The highest BCUT2D eigenvalue weighted by molar-refractivity contribution is 5.92. The molecule has 1 aliphatic heterocycles. The van der Waals surface area contributed by atoms with Crippen LogP contribution < -0.4 is 14.8 Å². The maximum Gasteiger partial charge on any atom is 0.244 e. The van der Waals surface area contributed by atoms with Crippen molar-refractivity contribution >= 4 is 12.0 Å². The van der Waals surface area contributed by atoms with Crippen LogP contribution in [0.5, 0.6) is 11.5 Å². The van der Waals surface area contributed by atoms with Crippen molar-refractivity contribution < 1.29 is 14.3 Å². The molecule has 0 aliphatic carbocycles. The highest BCUT2D eigenvalue weighted by Crippen LogP contribution is 2.35. The number of rotatable bonds is 6. The molecule has 1 N–H and O–H groups in total. The quantitative estimate of drug-likeness (QED) is 0.820. The molecule has 2 rings (SSSR count). The van der Waals surface area contributed by atoms with Crippen molar-refractivity contribution in [1.82, 2.24) is 5.32 Å². The van der Waals surface area contributed by atoms with Crippen LogP contribution >= 0.6 is 0 Å². The molecule has 2 atom stereocenters. The molecule has 0 aromatic heterocycles. The van der Waals surface area contributed by atoms with E-state index in [0.717, 1.165) is 35.5 Å². The van der Waals surface area contributed by atoms with Crippen molar-refractivity contribution in [1.29, 1.82) is 0 Å². The van der Waals surface area contributed by atoms with Gasteiger partial charge in [0.05, 0.1) is 6.61 Å². The molecule has 4 nitrogen and oxygen atoms in total. The Morgan fingerprint density at radius 2 is 2.27 bits per heavy atom. The predicted molar refractivity (Wildman–Crippen MR) is 88.3 cm³/mol. The Kier molecular flexibility index (Phi) is 5.47. The van der Waals surface area contributed by atoms with Crippen LogP contribution in [0.25, 0.3) is 6.08 Å². The number of carbonyl (C=O) groups excluding carboxylic acids is 1. The van der Waals surface area contributed by atoms with Gasteiger partial charge < -0.3 is 14.8 Å². The lowest BCUT2D eigenvalue weighted by Gasteiger charge is -2.11.